The second-order valence-corrected chi connectivity index (χ2v) is 13.6. The third kappa shape index (κ3) is 6.15. The van der Waals surface area contributed by atoms with E-state index in [1.54, 1.807) is 29.0 Å². The number of nitrogens with zero attached hydrogens (tertiary/aromatic N) is 7. The molecule has 2 aliphatic rings. The predicted molar refractivity (Wildman–Crippen MR) is 183 cm³/mol. The van der Waals surface area contributed by atoms with E-state index < -0.39 is 11.7 Å². The number of piperazine rings is 1. The van der Waals surface area contributed by atoms with Crippen LogP contribution in [0.5, 0.6) is 0 Å². The summed E-state index contributed by atoms with van der Waals surface area (Å²) < 4.78 is 17.1. The summed E-state index contributed by atoms with van der Waals surface area (Å²) in [6.45, 7) is 11.0. The zero-order valence-corrected chi connectivity index (χ0v) is 27.7. The molecule has 0 bridgehead atoms. The summed E-state index contributed by atoms with van der Waals surface area (Å²) in [5.41, 5.74) is 8.82. The average molecular weight is 650 g/mol. The van der Waals surface area contributed by atoms with Crippen LogP contribution in [0.2, 0.25) is 0 Å². The SMILES string of the molecule is CN1CCN(Cc2ccc(Nc3cc(-c4cccc(N5NCc6cc(C(C)(C)C)cc(F)c6C5=O)c4CO)nn4ccnc34)nc2)CC1. The molecule has 5 aromatic rings. The van der Waals surface area contributed by atoms with Gasteiger partial charge in [0, 0.05) is 69.0 Å². The summed E-state index contributed by atoms with van der Waals surface area (Å²) >= 11 is 0. The highest BCUT2D eigenvalue weighted by Gasteiger charge is 2.32. The number of hydrazine groups is 1. The molecular formula is C36H40FN9O2. The minimum absolute atomic E-state index is 0.0301. The van der Waals surface area contributed by atoms with Crippen molar-refractivity contribution in [2.24, 2.45) is 0 Å². The third-order valence-electron chi connectivity index (χ3n) is 9.16. The fourth-order valence-corrected chi connectivity index (χ4v) is 6.34. The first-order valence-electron chi connectivity index (χ1n) is 16.2. The smallest absolute Gasteiger partial charge is 0.275 e. The Morgan fingerprint density at radius 1 is 1.04 bits per heavy atom. The number of anilines is 3. The Balaban J connectivity index is 1.18. The summed E-state index contributed by atoms with van der Waals surface area (Å²) in [5.74, 6) is -0.420. The Kier molecular flexibility index (Phi) is 8.42. The van der Waals surface area contributed by atoms with E-state index in [1.807, 2.05) is 51.2 Å². The molecule has 1 saturated heterocycles. The van der Waals surface area contributed by atoms with Gasteiger partial charge in [-0.05, 0) is 53.4 Å². The van der Waals surface area contributed by atoms with Gasteiger partial charge in [0.25, 0.3) is 5.91 Å². The van der Waals surface area contributed by atoms with Crippen LogP contribution in [0.15, 0.2) is 67.1 Å². The number of fused-ring (bicyclic) bond motifs is 2. The maximum Gasteiger partial charge on any atom is 0.275 e. The summed E-state index contributed by atoms with van der Waals surface area (Å²) in [7, 11) is 2.15. The van der Waals surface area contributed by atoms with E-state index in [0.29, 0.717) is 45.2 Å². The summed E-state index contributed by atoms with van der Waals surface area (Å²) in [6.07, 6.45) is 5.31. The number of likely N-dealkylation sites (N-methyl/N-ethyl adjacent to an activating group) is 1. The number of benzene rings is 2. The summed E-state index contributed by atoms with van der Waals surface area (Å²) in [4.78, 5) is 27.7. The molecule has 0 aliphatic carbocycles. The van der Waals surface area contributed by atoms with E-state index in [1.165, 1.54) is 11.1 Å². The highest BCUT2D eigenvalue weighted by molar-refractivity contribution is 6.08. The van der Waals surface area contributed by atoms with Gasteiger partial charge in [0.2, 0.25) is 0 Å². The number of hydrogen-bond donors (Lipinski definition) is 3. The molecule has 12 heteroatoms. The monoisotopic (exact) mass is 649 g/mol. The number of rotatable bonds is 7. The molecule has 11 nitrogen and oxygen atoms in total. The molecule has 248 valence electrons. The molecule has 1 fully saturated rings. The second kappa shape index (κ2) is 12.7. The van der Waals surface area contributed by atoms with Crippen LogP contribution in [0.3, 0.4) is 0 Å². The molecule has 0 atom stereocenters. The average Bonchev–Trinajstić information content (AvgIpc) is 3.55. The second-order valence-electron chi connectivity index (χ2n) is 13.6. The van der Waals surface area contributed by atoms with Crippen molar-refractivity contribution in [2.75, 3.05) is 43.6 Å². The number of imidazole rings is 1. The van der Waals surface area contributed by atoms with Crippen molar-refractivity contribution in [1.29, 1.82) is 0 Å². The number of halogens is 1. The quantitative estimate of drug-likeness (QED) is 0.227. The molecular weight excluding hydrogens is 609 g/mol. The van der Waals surface area contributed by atoms with Gasteiger partial charge < -0.3 is 15.3 Å². The van der Waals surface area contributed by atoms with Gasteiger partial charge in [-0.3, -0.25) is 9.69 Å². The van der Waals surface area contributed by atoms with Gasteiger partial charge in [-0.1, -0.05) is 45.0 Å². The van der Waals surface area contributed by atoms with Crippen LogP contribution in [0.25, 0.3) is 16.9 Å². The summed E-state index contributed by atoms with van der Waals surface area (Å²) in [6, 6.07) is 14.6. The lowest BCUT2D eigenvalue weighted by atomic mass is 9.84. The number of aliphatic hydroxyl groups is 1. The van der Waals surface area contributed by atoms with Crippen molar-refractivity contribution >= 4 is 28.7 Å². The van der Waals surface area contributed by atoms with Crippen LogP contribution in [0, 0.1) is 5.82 Å². The fraction of sp³-hybridized carbons (Fsp3) is 0.333. The minimum Gasteiger partial charge on any atom is -0.392 e. The van der Waals surface area contributed by atoms with E-state index in [0.717, 1.165) is 43.9 Å². The Morgan fingerprint density at radius 3 is 2.58 bits per heavy atom. The first kappa shape index (κ1) is 31.8. The molecule has 7 rings (SSSR count). The molecule has 3 aromatic heterocycles. The molecule has 1 amide bonds. The molecule has 5 heterocycles. The Bertz CT molecular complexity index is 1980. The zero-order valence-electron chi connectivity index (χ0n) is 27.7. The highest BCUT2D eigenvalue weighted by Crippen LogP contribution is 2.36. The fourth-order valence-electron chi connectivity index (χ4n) is 6.34. The molecule has 0 unspecified atom stereocenters. The van der Waals surface area contributed by atoms with Gasteiger partial charge in [0.15, 0.2) is 5.65 Å². The largest absolute Gasteiger partial charge is 0.392 e. The van der Waals surface area contributed by atoms with Crippen molar-refractivity contribution < 1.29 is 14.3 Å². The van der Waals surface area contributed by atoms with Crippen LogP contribution in [-0.2, 0) is 25.1 Å². The van der Waals surface area contributed by atoms with Crippen LogP contribution >= 0.6 is 0 Å². The molecule has 0 radical (unpaired) electrons. The number of aliphatic hydroxyl groups excluding tert-OH is 1. The molecule has 2 aliphatic heterocycles. The number of pyridine rings is 1. The van der Waals surface area contributed by atoms with Gasteiger partial charge in [-0.15, -0.1) is 0 Å². The maximum atomic E-state index is 15.5. The van der Waals surface area contributed by atoms with E-state index >= 15 is 4.39 Å². The van der Waals surface area contributed by atoms with E-state index in [9.17, 15) is 9.90 Å². The topological polar surface area (TPSA) is 114 Å². The number of carbonyl (C=O) groups excluding carboxylic acids is 1. The van der Waals surface area contributed by atoms with Crippen LogP contribution in [0.4, 0.5) is 21.6 Å². The van der Waals surface area contributed by atoms with E-state index in [4.69, 9.17) is 5.10 Å². The number of carbonyl (C=O) groups is 1. The zero-order chi connectivity index (χ0) is 33.6. The van der Waals surface area contributed by atoms with Crippen LogP contribution in [0.1, 0.15) is 53.4 Å². The van der Waals surface area contributed by atoms with Crippen molar-refractivity contribution in [3.05, 3.63) is 101 Å². The standard InChI is InChI=1S/C36H40FN9O2/c1-36(2,3)25-16-24-20-40-46(35(48)33(24)28(37)17-25)31-7-5-6-26(27(31)22-47)29-18-30(34-38-10-11-45(34)42-29)41-32-9-8-23(19-39-32)21-44-14-12-43(4)13-15-44/h5-11,16-19,40,47H,12-15,20-22H2,1-4H3,(H,39,41). The van der Waals surface area contributed by atoms with E-state index in [-0.39, 0.29) is 24.1 Å². The number of aromatic nitrogens is 4. The Morgan fingerprint density at radius 2 is 1.85 bits per heavy atom. The first-order chi connectivity index (χ1) is 23.1. The third-order valence-corrected chi connectivity index (χ3v) is 9.16. The molecule has 48 heavy (non-hydrogen) atoms. The van der Waals surface area contributed by atoms with Gasteiger partial charge in [0.05, 0.1) is 29.2 Å². The normalized spacial score (nSPS) is 16.0. The van der Waals surface area contributed by atoms with Crippen molar-refractivity contribution in [3.8, 4) is 11.3 Å². The van der Waals surface area contributed by atoms with Crippen molar-refractivity contribution in [2.45, 2.75) is 45.9 Å². The summed E-state index contributed by atoms with van der Waals surface area (Å²) in [5, 5.41) is 20.2. The lowest BCUT2D eigenvalue weighted by Crippen LogP contribution is -2.48. The highest BCUT2D eigenvalue weighted by atomic mass is 19.1. The lowest BCUT2D eigenvalue weighted by Gasteiger charge is -2.32. The van der Waals surface area contributed by atoms with Gasteiger partial charge >= 0.3 is 0 Å². The van der Waals surface area contributed by atoms with Gasteiger partial charge in [0.1, 0.15) is 11.6 Å². The molecule has 0 spiro atoms. The van der Waals surface area contributed by atoms with Crippen molar-refractivity contribution in [3.63, 3.8) is 0 Å². The number of nitrogens with one attached hydrogen (secondary N) is 2. The molecule has 2 aromatic carbocycles. The lowest BCUT2D eigenvalue weighted by molar-refractivity contribution is 0.0958. The minimum atomic E-state index is -0.556. The van der Waals surface area contributed by atoms with E-state index in [2.05, 4.69) is 43.6 Å². The number of amides is 1. The van der Waals surface area contributed by atoms with Crippen LogP contribution in [-0.4, -0.2) is 73.6 Å². The van der Waals surface area contributed by atoms with Crippen LogP contribution < -0.4 is 15.8 Å². The molecule has 3 N–H and O–H groups in total. The number of hydrogen-bond acceptors (Lipinski definition) is 9. The van der Waals surface area contributed by atoms with Crippen molar-refractivity contribution in [1.82, 2.24) is 34.8 Å². The molecule has 0 saturated carbocycles. The Labute approximate surface area is 279 Å². The first-order valence-corrected chi connectivity index (χ1v) is 16.2. The maximum absolute atomic E-state index is 15.5. The Hall–Kier alpha value is -4.75. The predicted octanol–water partition coefficient (Wildman–Crippen LogP) is 4.88. The van der Waals surface area contributed by atoms with Gasteiger partial charge in [-0.2, -0.15) is 5.10 Å². The van der Waals surface area contributed by atoms with Gasteiger partial charge in [-0.25, -0.2) is 29.3 Å².